The first kappa shape index (κ1) is 15.3. The maximum absolute atomic E-state index is 13.4. The number of nitrogens with zero attached hydrogens (tertiary/aromatic N) is 1. The second-order valence-electron chi connectivity index (χ2n) is 5.62. The number of nitrogen functional groups attached to an aromatic ring is 1. The standard InChI is InChI=1S/C14H21FN2O2S/c1-9-5-4-6-17(11(9)3)20(18,19)14-8-13(16)12(15)7-10(14)2/h7-9,11H,4-6,16H2,1-3H3. The number of benzene rings is 1. The van der Waals surface area contributed by atoms with Crippen LogP contribution < -0.4 is 5.73 Å². The van der Waals surface area contributed by atoms with Gasteiger partial charge in [-0.25, -0.2) is 12.8 Å². The van der Waals surface area contributed by atoms with Crippen molar-refractivity contribution < 1.29 is 12.8 Å². The highest BCUT2D eigenvalue weighted by atomic mass is 32.2. The summed E-state index contributed by atoms with van der Waals surface area (Å²) in [6.45, 7) is 6.07. The maximum Gasteiger partial charge on any atom is 0.243 e. The molecule has 6 heteroatoms. The van der Waals surface area contributed by atoms with Gasteiger partial charge in [0.1, 0.15) is 5.82 Å². The van der Waals surface area contributed by atoms with Crippen molar-refractivity contribution in [3.05, 3.63) is 23.5 Å². The molecule has 1 saturated heterocycles. The van der Waals surface area contributed by atoms with Gasteiger partial charge in [-0.05, 0) is 50.3 Å². The van der Waals surface area contributed by atoms with E-state index in [-0.39, 0.29) is 16.6 Å². The Bertz CT molecular complexity index is 616. The van der Waals surface area contributed by atoms with Crippen LogP contribution in [0.3, 0.4) is 0 Å². The lowest BCUT2D eigenvalue weighted by atomic mass is 9.94. The third-order valence-corrected chi connectivity index (χ3v) is 6.32. The molecule has 1 aliphatic rings. The van der Waals surface area contributed by atoms with Crippen molar-refractivity contribution in [2.75, 3.05) is 12.3 Å². The average molecular weight is 300 g/mol. The molecule has 2 rings (SSSR count). The van der Waals surface area contributed by atoms with Gasteiger partial charge in [-0.15, -0.1) is 0 Å². The fourth-order valence-electron chi connectivity index (χ4n) is 2.71. The van der Waals surface area contributed by atoms with Crippen molar-refractivity contribution in [2.24, 2.45) is 5.92 Å². The zero-order valence-corrected chi connectivity index (χ0v) is 12.9. The van der Waals surface area contributed by atoms with Crippen LogP contribution in [-0.4, -0.2) is 25.3 Å². The van der Waals surface area contributed by atoms with E-state index in [0.717, 1.165) is 12.8 Å². The Morgan fingerprint density at radius 1 is 1.35 bits per heavy atom. The van der Waals surface area contributed by atoms with Crippen molar-refractivity contribution in [1.29, 1.82) is 0 Å². The van der Waals surface area contributed by atoms with E-state index in [4.69, 9.17) is 5.73 Å². The lowest BCUT2D eigenvalue weighted by Gasteiger charge is -2.37. The number of anilines is 1. The molecule has 0 bridgehead atoms. The lowest BCUT2D eigenvalue weighted by Crippen LogP contribution is -2.46. The van der Waals surface area contributed by atoms with E-state index < -0.39 is 15.8 Å². The van der Waals surface area contributed by atoms with Gasteiger partial charge in [0, 0.05) is 12.6 Å². The maximum atomic E-state index is 13.4. The van der Waals surface area contributed by atoms with Crippen molar-refractivity contribution in [3.63, 3.8) is 0 Å². The van der Waals surface area contributed by atoms with E-state index in [1.54, 1.807) is 6.92 Å². The number of hydrogen-bond acceptors (Lipinski definition) is 3. The molecule has 1 fully saturated rings. The number of halogens is 1. The summed E-state index contributed by atoms with van der Waals surface area (Å²) in [5.41, 5.74) is 5.78. The third-order valence-electron chi connectivity index (χ3n) is 4.20. The summed E-state index contributed by atoms with van der Waals surface area (Å²) in [5, 5.41) is 0. The molecular weight excluding hydrogens is 279 g/mol. The molecule has 1 aromatic rings. The minimum atomic E-state index is -3.63. The molecule has 0 spiro atoms. The second-order valence-corrected chi connectivity index (χ2v) is 7.47. The Morgan fingerprint density at radius 3 is 2.65 bits per heavy atom. The predicted molar refractivity (Wildman–Crippen MR) is 77.3 cm³/mol. The first-order valence-electron chi connectivity index (χ1n) is 6.82. The van der Waals surface area contributed by atoms with Crippen LogP contribution in [0.2, 0.25) is 0 Å². The highest BCUT2D eigenvalue weighted by Crippen LogP contribution is 2.31. The van der Waals surface area contributed by atoms with Crippen molar-refractivity contribution in [2.45, 2.75) is 44.6 Å². The topological polar surface area (TPSA) is 63.4 Å². The molecule has 0 aliphatic carbocycles. The van der Waals surface area contributed by atoms with E-state index in [0.29, 0.717) is 18.0 Å². The first-order valence-corrected chi connectivity index (χ1v) is 8.26. The SMILES string of the molecule is Cc1cc(F)c(N)cc1S(=O)(=O)N1CCCC(C)C1C. The molecule has 0 saturated carbocycles. The van der Waals surface area contributed by atoms with Crippen LogP contribution in [0.25, 0.3) is 0 Å². The largest absolute Gasteiger partial charge is 0.396 e. The minimum absolute atomic E-state index is 0.0561. The number of rotatable bonds is 2. The normalized spacial score (nSPS) is 24.8. The fraction of sp³-hybridized carbons (Fsp3) is 0.571. The summed E-state index contributed by atoms with van der Waals surface area (Å²) in [4.78, 5) is 0.109. The molecule has 4 nitrogen and oxygen atoms in total. The zero-order chi connectivity index (χ0) is 15.1. The number of nitrogens with two attached hydrogens (primary N) is 1. The zero-order valence-electron chi connectivity index (χ0n) is 12.1. The Labute approximate surface area is 119 Å². The van der Waals surface area contributed by atoms with Gasteiger partial charge in [-0.2, -0.15) is 4.31 Å². The molecule has 112 valence electrons. The molecule has 2 N–H and O–H groups in total. The minimum Gasteiger partial charge on any atom is -0.396 e. The van der Waals surface area contributed by atoms with E-state index >= 15 is 0 Å². The Morgan fingerprint density at radius 2 is 2.00 bits per heavy atom. The number of aryl methyl sites for hydroxylation is 1. The third kappa shape index (κ3) is 2.54. The average Bonchev–Trinajstić information content (AvgIpc) is 2.36. The lowest BCUT2D eigenvalue weighted by molar-refractivity contribution is 0.202. The Balaban J connectivity index is 2.47. The quantitative estimate of drug-likeness (QED) is 0.854. The molecule has 0 amide bonds. The molecule has 1 aliphatic heterocycles. The molecule has 1 aromatic carbocycles. The number of piperidine rings is 1. The van der Waals surface area contributed by atoms with Gasteiger partial charge in [0.2, 0.25) is 10.0 Å². The van der Waals surface area contributed by atoms with Gasteiger partial charge >= 0.3 is 0 Å². The molecule has 0 aromatic heterocycles. The van der Waals surface area contributed by atoms with Crippen LogP contribution in [0, 0.1) is 18.7 Å². The van der Waals surface area contributed by atoms with Crippen LogP contribution in [0.15, 0.2) is 17.0 Å². The summed E-state index contributed by atoms with van der Waals surface area (Å²) < 4.78 is 40.5. The first-order chi connectivity index (χ1) is 9.25. The second kappa shape index (κ2) is 5.33. The van der Waals surface area contributed by atoms with Gasteiger partial charge in [-0.1, -0.05) is 6.92 Å². The van der Waals surface area contributed by atoms with Gasteiger partial charge in [0.15, 0.2) is 0 Å². The summed E-state index contributed by atoms with van der Waals surface area (Å²) in [6, 6.07) is 2.35. The van der Waals surface area contributed by atoms with Crippen molar-refractivity contribution in [3.8, 4) is 0 Å². The van der Waals surface area contributed by atoms with Gasteiger partial charge in [-0.3, -0.25) is 0 Å². The monoisotopic (exact) mass is 300 g/mol. The molecular formula is C14H21FN2O2S. The van der Waals surface area contributed by atoms with Gasteiger partial charge in [0.25, 0.3) is 0 Å². The van der Waals surface area contributed by atoms with Crippen molar-refractivity contribution in [1.82, 2.24) is 4.31 Å². The molecule has 20 heavy (non-hydrogen) atoms. The van der Waals surface area contributed by atoms with Crippen LogP contribution in [0.4, 0.5) is 10.1 Å². The summed E-state index contributed by atoms with van der Waals surface area (Å²) in [7, 11) is -3.63. The summed E-state index contributed by atoms with van der Waals surface area (Å²) >= 11 is 0. The highest BCUT2D eigenvalue weighted by molar-refractivity contribution is 7.89. The van der Waals surface area contributed by atoms with Crippen LogP contribution in [-0.2, 0) is 10.0 Å². The number of hydrogen-bond donors (Lipinski definition) is 1. The molecule has 2 unspecified atom stereocenters. The van der Waals surface area contributed by atoms with E-state index in [2.05, 4.69) is 6.92 Å². The molecule has 2 atom stereocenters. The fourth-order valence-corrected chi connectivity index (χ4v) is 4.72. The Kier molecular flexibility index (Phi) is 4.07. The van der Waals surface area contributed by atoms with E-state index in [1.807, 2.05) is 6.92 Å². The van der Waals surface area contributed by atoms with E-state index in [9.17, 15) is 12.8 Å². The van der Waals surface area contributed by atoms with E-state index in [1.165, 1.54) is 16.4 Å². The van der Waals surface area contributed by atoms with Crippen LogP contribution in [0.5, 0.6) is 0 Å². The Hall–Kier alpha value is -1.14. The number of sulfonamides is 1. The van der Waals surface area contributed by atoms with Crippen molar-refractivity contribution >= 4 is 15.7 Å². The summed E-state index contributed by atoms with van der Waals surface area (Å²) in [6.07, 6.45) is 1.87. The summed E-state index contributed by atoms with van der Waals surface area (Å²) in [5.74, 6) is -0.266. The molecule has 0 radical (unpaired) electrons. The van der Waals surface area contributed by atoms with Gasteiger partial charge < -0.3 is 5.73 Å². The predicted octanol–water partition coefficient (Wildman–Crippen LogP) is 2.53. The van der Waals surface area contributed by atoms with Crippen LogP contribution >= 0.6 is 0 Å². The smallest absolute Gasteiger partial charge is 0.243 e. The molecule has 1 heterocycles. The van der Waals surface area contributed by atoms with Crippen LogP contribution in [0.1, 0.15) is 32.3 Å². The van der Waals surface area contributed by atoms with Gasteiger partial charge in [0.05, 0.1) is 10.6 Å². The highest BCUT2D eigenvalue weighted by Gasteiger charge is 2.35.